The van der Waals surface area contributed by atoms with Crippen LogP contribution in [0.15, 0.2) is 42.5 Å². The molecule has 1 saturated carbocycles. The molecule has 0 saturated heterocycles. The summed E-state index contributed by atoms with van der Waals surface area (Å²) in [4.78, 5) is 0. The number of nitrogens with one attached hydrogen (secondary N) is 1. The Labute approximate surface area is 127 Å². The molecule has 2 aromatic rings. The van der Waals surface area contributed by atoms with E-state index in [-0.39, 0.29) is 0 Å². The third kappa shape index (κ3) is 3.12. The Morgan fingerprint density at radius 2 is 1.95 bits per heavy atom. The van der Waals surface area contributed by atoms with E-state index in [1.54, 1.807) is 0 Å². The molecule has 112 valence electrons. The van der Waals surface area contributed by atoms with Gasteiger partial charge >= 0.3 is 0 Å². The van der Waals surface area contributed by atoms with E-state index in [9.17, 15) is 5.11 Å². The molecule has 2 N–H and O–H groups in total. The standard InChI is InChI=1S/C19H25NO/c1-19(2)11-5-8-18(19)20-13-17(21)16-10-9-14-6-3-4-7-15(14)12-16/h3-4,6-7,9-10,12,17-18,20-21H,5,8,11,13H2,1-2H3. The van der Waals surface area contributed by atoms with Crippen LogP contribution in [0.1, 0.15) is 44.8 Å². The fourth-order valence-electron chi connectivity index (χ4n) is 3.49. The van der Waals surface area contributed by atoms with Gasteiger partial charge in [-0.2, -0.15) is 0 Å². The summed E-state index contributed by atoms with van der Waals surface area (Å²) in [6.07, 6.45) is 3.34. The molecule has 1 aliphatic carbocycles. The van der Waals surface area contributed by atoms with Gasteiger partial charge in [0, 0.05) is 12.6 Å². The zero-order valence-corrected chi connectivity index (χ0v) is 13.0. The van der Waals surface area contributed by atoms with E-state index in [0.29, 0.717) is 18.0 Å². The molecule has 2 atom stereocenters. The summed E-state index contributed by atoms with van der Waals surface area (Å²) >= 11 is 0. The summed E-state index contributed by atoms with van der Waals surface area (Å²) in [6.45, 7) is 5.27. The van der Waals surface area contributed by atoms with Gasteiger partial charge in [-0.15, -0.1) is 0 Å². The highest BCUT2D eigenvalue weighted by Crippen LogP contribution is 2.37. The number of benzene rings is 2. The quantitative estimate of drug-likeness (QED) is 0.887. The van der Waals surface area contributed by atoms with Gasteiger partial charge in [-0.3, -0.25) is 0 Å². The van der Waals surface area contributed by atoms with Crippen LogP contribution in [-0.4, -0.2) is 17.7 Å². The van der Waals surface area contributed by atoms with Gasteiger partial charge in [-0.1, -0.05) is 56.7 Å². The lowest BCUT2D eigenvalue weighted by molar-refractivity contribution is 0.158. The molecular weight excluding hydrogens is 258 g/mol. The molecule has 0 spiro atoms. The van der Waals surface area contributed by atoms with E-state index in [0.717, 1.165) is 5.56 Å². The van der Waals surface area contributed by atoms with Crippen LogP contribution >= 0.6 is 0 Å². The van der Waals surface area contributed by atoms with E-state index < -0.39 is 6.10 Å². The van der Waals surface area contributed by atoms with Crippen LogP contribution in [0, 0.1) is 5.41 Å². The molecule has 0 radical (unpaired) electrons. The summed E-state index contributed by atoms with van der Waals surface area (Å²) in [5.41, 5.74) is 1.35. The van der Waals surface area contributed by atoms with E-state index in [4.69, 9.17) is 0 Å². The molecule has 21 heavy (non-hydrogen) atoms. The van der Waals surface area contributed by atoms with Gasteiger partial charge in [-0.25, -0.2) is 0 Å². The molecule has 0 aliphatic heterocycles. The molecule has 0 heterocycles. The Morgan fingerprint density at radius 3 is 2.67 bits per heavy atom. The lowest BCUT2D eigenvalue weighted by atomic mass is 9.87. The molecule has 0 aromatic heterocycles. The molecule has 1 fully saturated rings. The zero-order valence-electron chi connectivity index (χ0n) is 13.0. The molecule has 1 aliphatic rings. The van der Waals surface area contributed by atoms with E-state index in [2.05, 4.69) is 43.4 Å². The minimum atomic E-state index is -0.439. The first kappa shape index (κ1) is 14.6. The van der Waals surface area contributed by atoms with Gasteiger partial charge in [0.1, 0.15) is 0 Å². The lowest BCUT2D eigenvalue weighted by Gasteiger charge is -2.29. The summed E-state index contributed by atoms with van der Waals surface area (Å²) in [5.74, 6) is 0. The fourth-order valence-corrected chi connectivity index (χ4v) is 3.49. The van der Waals surface area contributed by atoms with Gasteiger partial charge in [0.2, 0.25) is 0 Å². The molecule has 2 aromatic carbocycles. The average molecular weight is 283 g/mol. The number of hydrogen-bond donors (Lipinski definition) is 2. The fraction of sp³-hybridized carbons (Fsp3) is 0.474. The monoisotopic (exact) mass is 283 g/mol. The first-order valence-corrected chi connectivity index (χ1v) is 7.96. The number of aliphatic hydroxyl groups is 1. The maximum Gasteiger partial charge on any atom is 0.0914 e. The normalized spacial score (nSPS) is 22.5. The number of rotatable bonds is 4. The second-order valence-corrected chi connectivity index (χ2v) is 6.96. The summed E-state index contributed by atoms with van der Waals surface area (Å²) < 4.78 is 0. The predicted octanol–water partition coefficient (Wildman–Crippen LogP) is 4.04. The molecule has 2 nitrogen and oxygen atoms in total. The molecule has 0 bridgehead atoms. The molecule has 3 rings (SSSR count). The Morgan fingerprint density at radius 1 is 1.19 bits per heavy atom. The van der Waals surface area contributed by atoms with E-state index >= 15 is 0 Å². The minimum absolute atomic E-state index is 0.350. The van der Waals surface area contributed by atoms with Crippen LogP contribution in [0.3, 0.4) is 0 Å². The van der Waals surface area contributed by atoms with Gasteiger partial charge in [0.15, 0.2) is 0 Å². The zero-order chi connectivity index (χ0) is 14.9. The lowest BCUT2D eigenvalue weighted by Crippen LogP contribution is -2.39. The SMILES string of the molecule is CC1(C)CCCC1NCC(O)c1ccc2ccccc2c1. The third-order valence-corrected chi connectivity index (χ3v) is 4.97. The summed E-state index contributed by atoms with van der Waals surface area (Å²) in [6, 6.07) is 15.0. The van der Waals surface area contributed by atoms with Crippen molar-refractivity contribution in [1.29, 1.82) is 0 Å². The van der Waals surface area contributed by atoms with E-state index in [1.807, 2.05) is 18.2 Å². The first-order chi connectivity index (χ1) is 10.1. The second-order valence-electron chi connectivity index (χ2n) is 6.96. The first-order valence-electron chi connectivity index (χ1n) is 7.96. The van der Waals surface area contributed by atoms with Crippen molar-refractivity contribution in [2.75, 3.05) is 6.54 Å². The number of hydrogen-bond acceptors (Lipinski definition) is 2. The topological polar surface area (TPSA) is 32.3 Å². The van der Waals surface area contributed by atoms with Crippen molar-refractivity contribution in [1.82, 2.24) is 5.32 Å². The van der Waals surface area contributed by atoms with Gasteiger partial charge in [-0.05, 0) is 40.7 Å². The number of fused-ring (bicyclic) bond motifs is 1. The van der Waals surface area contributed by atoms with Crippen molar-refractivity contribution in [3.05, 3.63) is 48.0 Å². The van der Waals surface area contributed by atoms with Crippen molar-refractivity contribution >= 4 is 10.8 Å². The highest BCUT2D eigenvalue weighted by molar-refractivity contribution is 5.83. The Bertz CT molecular complexity index is 620. The molecule has 2 unspecified atom stereocenters. The third-order valence-electron chi connectivity index (χ3n) is 4.97. The Hall–Kier alpha value is -1.38. The predicted molar refractivity (Wildman–Crippen MR) is 88.3 cm³/mol. The summed E-state index contributed by atoms with van der Waals surface area (Å²) in [5, 5.41) is 16.4. The average Bonchev–Trinajstić information content (AvgIpc) is 2.83. The second kappa shape index (κ2) is 5.78. The molecule has 0 amide bonds. The maximum atomic E-state index is 10.4. The Kier molecular flexibility index (Phi) is 4.01. The highest BCUT2D eigenvalue weighted by atomic mass is 16.3. The molecular formula is C19H25NO. The number of aliphatic hydroxyl groups excluding tert-OH is 1. The van der Waals surface area contributed by atoms with Crippen molar-refractivity contribution in [2.45, 2.75) is 45.3 Å². The van der Waals surface area contributed by atoms with Crippen LogP contribution in [-0.2, 0) is 0 Å². The van der Waals surface area contributed by atoms with Crippen LogP contribution in [0.2, 0.25) is 0 Å². The summed E-state index contributed by atoms with van der Waals surface area (Å²) in [7, 11) is 0. The van der Waals surface area contributed by atoms with Crippen molar-refractivity contribution in [3.63, 3.8) is 0 Å². The van der Waals surface area contributed by atoms with Crippen molar-refractivity contribution in [3.8, 4) is 0 Å². The van der Waals surface area contributed by atoms with Crippen LogP contribution < -0.4 is 5.32 Å². The smallest absolute Gasteiger partial charge is 0.0914 e. The molecule has 2 heteroatoms. The largest absolute Gasteiger partial charge is 0.387 e. The maximum absolute atomic E-state index is 10.4. The highest BCUT2D eigenvalue weighted by Gasteiger charge is 2.34. The van der Waals surface area contributed by atoms with Crippen LogP contribution in [0.5, 0.6) is 0 Å². The van der Waals surface area contributed by atoms with Crippen molar-refractivity contribution < 1.29 is 5.11 Å². The van der Waals surface area contributed by atoms with Crippen LogP contribution in [0.4, 0.5) is 0 Å². The Balaban J connectivity index is 1.68. The van der Waals surface area contributed by atoms with Gasteiger partial charge in [0.25, 0.3) is 0 Å². The van der Waals surface area contributed by atoms with Gasteiger partial charge in [0.05, 0.1) is 6.10 Å². The van der Waals surface area contributed by atoms with Gasteiger partial charge < -0.3 is 10.4 Å². The van der Waals surface area contributed by atoms with Crippen molar-refractivity contribution in [2.24, 2.45) is 5.41 Å². The minimum Gasteiger partial charge on any atom is -0.387 e. The van der Waals surface area contributed by atoms with E-state index in [1.165, 1.54) is 30.0 Å². The van der Waals surface area contributed by atoms with Crippen LogP contribution in [0.25, 0.3) is 10.8 Å².